The van der Waals surface area contributed by atoms with E-state index in [0.29, 0.717) is 5.56 Å². The molecule has 1 unspecified atom stereocenters. The number of carbonyl (C=O) groups is 2. The molecule has 0 radical (unpaired) electrons. The van der Waals surface area contributed by atoms with Crippen LogP contribution in [-0.4, -0.2) is 29.7 Å². The van der Waals surface area contributed by atoms with Crippen LogP contribution in [0.3, 0.4) is 0 Å². The zero-order valence-corrected chi connectivity index (χ0v) is 11.2. The second-order valence-electron chi connectivity index (χ2n) is 3.48. The summed E-state index contributed by atoms with van der Waals surface area (Å²) in [6.45, 7) is 0.759. The minimum Gasteiger partial charge on any atom is -0.480 e. The lowest BCUT2D eigenvalue weighted by Crippen LogP contribution is -2.42. The summed E-state index contributed by atoms with van der Waals surface area (Å²) in [5.41, 5.74) is 1.34. The molecule has 17 heavy (non-hydrogen) atoms. The lowest BCUT2D eigenvalue weighted by molar-refractivity contribution is -0.139. The van der Waals surface area contributed by atoms with Gasteiger partial charge in [-0.15, -0.1) is 0 Å². The van der Waals surface area contributed by atoms with Crippen LogP contribution in [-0.2, 0) is 4.79 Å². The standard InChI is InChI=1S/C11H11FINO3/c1-6-2-3-7(4-8(6)13)10(15)14-9(5-12)11(16)17/h2-4,9H,5H2,1H3,(H,14,15)(H,16,17). The van der Waals surface area contributed by atoms with E-state index in [1.165, 1.54) is 0 Å². The number of hydrogen-bond acceptors (Lipinski definition) is 2. The molecule has 0 saturated heterocycles. The molecule has 6 heteroatoms. The van der Waals surface area contributed by atoms with Gasteiger partial charge in [-0.2, -0.15) is 0 Å². The normalized spacial score (nSPS) is 11.9. The van der Waals surface area contributed by atoms with E-state index in [1.54, 1.807) is 18.2 Å². The fourth-order valence-corrected chi connectivity index (χ4v) is 1.66. The van der Waals surface area contributed by atoms with Crippen molar-refractivity contribution in [2.24, 2.45) is 0 Å². The molecule has 0 bridgehead atoms. The minimum absolute atomic E-state index is 0.319. The molecule has 4 nitrogen and oxygen atoms in total. The van der Waals surface area contributed by atoms with E-state index in [1.807, 2.05) is 6.92 Å². The molecule has 1 rings (SSSR count). The molecule has 0 aliphatic carbocycles. The van der Waals surface area contributed by atoms with Gasteiger partial charge in [0.1, 0.15) is 6.67 Å². The Hall–Kier alpha value is -1.18. The number of rotatable bonds is 4. The number of carboxylic acid groups (broad SMARTS) is 1. The molecule has 0 heterocycles. The van der Waals surface area contributed by atoms with E-state index in [2.05, 4.69) is 27.9 Å². The van der Waals surface area contributed by atoms with Crippen molar-refractivity contribution in [3.63, 3.8) is 0 Å². The van der Waals surface area contributed by atoms with Gasteiger partial charge in [-0.1, -0.05) is 6.07 Å². The first-order valence-electron chi connectivity index (χ1n) is 4.81. The molecule has 0 aliphatic rings. The molecule has 0 fully saturated rings. The lowest BCUT2D eigenvalue weighted by Gasteiger charge is -2.11. The van der Waals surface area contributed by atoms with Crippen molar-refractivity contribution >= 4 is 34.5 Å². The third-order valence-electron chi connectivity index (χ3n) is 2.19. The number of halogens is 2. The van der Waals surface area contributed by atoms with Crippen LogP contribution in [0, 0.1) is 10.5 Å². The molecule has 2 N–H and O–H groups in total. The Balaban J connectivity index is 2.82. The number of alkyl halides is 1. The summed E-state index contributed by atoms with van der Waals surface area (Å²) in [6.07, 6.45) is 0. The van der Waals surface area contributed by atoms with Crippen molar-refractivity contribution < 1.29 is 19.1 Å². The number of carbonyl (C=O) groups excluding carboxylic acids is 1. The molecule has 0 aliphatic heterocycles. The van der Waals surface area contributed by atoms with E-state index >= 15 is 0 Å². The van der Waals surface area contributed by atoms with Crippen molar-refractivity contribution in [1.29, 1.82) is 0 Å². The molecule has 0 aromatic heterocycles. The van der Waals surface area contributed by atoms with Crippen LogP contribution < -0.4 is 5.32 Å². The highest BCUT2D eigenvalue weighted by molar-refractivity contribution is 14.1. The summed E-state index contributed by atoms with van der Waals surface area (Å²) >= 11 is 2.07. The van der Waals surface area contributed by atoms with Gasteiger partial charge in [0.15, 0.2) is 6.04 Å². The molecule has 0 saturated carbocycles. The Morgan fingerprint density at radius 2 is 2.18 bits per heavy atom. The number of carboxylic acids is 1. The van der Waals surface area contributed by atoms with Crippen LogP contribution in [0.1, 0.15) is 15.9 Å². The molecule has 1 atom stereocenters. The third-order valence-corrected chi connectivity index (χ3v) is 3.35. The first kappa shape index (κ1) is 13.9. The minimum atomic E-state index is -1.50. The van der Waals surface area contributed by atoms with Crippen LogP contribution in [0.25, 0.3) is 0 Å². The number of hydrogen-bond donors (Lipinski definition) is 2. The topological polar surface area (TPSA) is 66.4 Å². The first-order chi connectivity index (χ1) is 7.95. The zero-order chi connectivity index (χ0) is 13.0. The monoisotopic (exact) mass is 351 g/mol. The zero-order valence-electron chi connectivity index (χ0n) is 9.04. The fourth-order valence-electron chi connectivity index (χ4n) is 1.14. The van der Waals surface area contributed by atoms with E-state index in [9.17, 15) is 14.0 Å². The van der Waals surface area contributed by atoms with Gasteiger partial charge in [0.25, 0.3) is 5.91 Å². The molecule has 1 aromatic carbocycles. The van der Waals surface area contributed by atoms with E-state index in [4.69, 9.17) is 5.11 Å². The van der Waals surface area contributed by atoms with E-state index in [0.717, 1.165) is 9.13 Å². The van der Waals surface area contributed by atoms with Crippen molar-refractivity contribution in [3.8, 4) is 0 Å². The molecule has 1 amide bonds. The van der Waals surface area contributed by atoms with Crippen LogP contribution in [0.4, 0.5) is 4.39 Å². The summed E-state index contributed by atoms with van der Waals surface area (Å²) in [5.74, 6) is -1.98. The SMILES string of the molecule is Cc1ccc(C(=O)NC(CF)C(=O)O)cc1I. The largest absolute Gasteiger partial charge is 0.480 e. The number of nitrogens with one attached hydrogen (secondary N) is 1. The number of aliphatic carboxylic acids is 1. The second kappa shape index (κ2) is 5.95. The molecule has 1 aromatic rings. The van der Waals surface area contributed by atoms with Crippen LogP contribution in [0.2, 0.25) is 0 Å². The van der Waals surface area contributed by atoms with Crippen molar-refractivity contribution in [2.45, 2.75) is 13.0 Å². The van der Waals surface area contributed by atoms with Crippen molar-refractivity contribution in [3.05, 3.63) is 32.9 Å². The predicted molar refractivity (Wildman–Crippen MR) is 68.8 cm³/mol. The summed E-state index contributed by atoms with van der Waals surface area (Å²) in [7, 11) is 0. The average Bonchev–Trinajstić information content (AvgIpc) is 2.28. The van der Waals surface area contributed by atoms with Gasteiger partial charge in [-0.25, -0.2) is 9.18 Å². The van der Waals surface area contributed by atoms with Crippen LogP contribution in [0.5, 0.6) is 0 Å². The van der Waals surface area contributed by atoms with Gasteiger partial charge in [0.05, 0.1) is 0 Å². The van der Waals surface area contributed by atoms with Gasteiger partial charge >= 0.3 is 5.97 Å². The number of aryl methyl sites for hydroxylation is 1. The Kier molecular flexibility index (Phi) is 4.86. The summed E-state index contributed by atoms with van der Waals surface area (Å²) in [4.78, 5) is 22.2. The van der Waals surface area contributed by atoms with Crippen LogP contribution >= 0.6 is 22.6 Å². The molecular formula is C11H11FINO3. The van der Waals surface area contributed by atoms with E-state index in [-0.39, 0.29) is 0 Å². The highest BCUT2D eigenvalue weighted by atomic mass is 127. The maximum absolute atomic E-state index is 12.3. The lowest BCUT2D eigenvalue weighted by atomic mass is 10.1. The van der Waals surface area contributed by atoms with Gasteiger partial charge < -0.3 is 10.4 Å². The Morgan fingerprint density at radius 3 is 2.65 bits per heavy atom. The summed E-state index contributed by atoms with van der Waals surface area (Å²) in [5, 5.41) is 10.7. The van der Waals surface area contributed by atoms with Crippen molar-refractivity contribution in [1.82, 2.24) is 5.32 Å². The Morgan fingerprint density at radius 1 is 1.53 bits per heavy atom. The smallest absolute Gasteiger partial charge is 0.328 e. The molecular weight excluding hydrogens is 340 g/mol. The molecule has 92 valence electrons. The van der Waals surface area contributed by atoms with E-state index < -0.39 is 24.6 Å². The third kappa shape index (κ3) is 3.65. The number of benzene rings is 1. The summed E-state index contributed by atoms with van der Waals surface area (Å²) in [6, 6.07) is 3.45. The quantitative estimate of drug-likeness (QED) is 0.813. The maximum Gasteiger partial charge on any atom is 0.328 e. The van der Waals surface area contributed by atoms with Gasteiger partial charge in [0, 0.05) is 9.13 Å². The van der Waals surface area contributed by atoms with Crippen molar-refractivity contribution in [2.75, 3.05) is 6.67 Å². The Bertz CT molecular complexity index is 450. The van der Waals surface area contributed by atoms with Gasteiger partial charge in [-0.3, -0.25) is 4.79 Å². The average molecular weight is 351 g/mol. The summed E-state index contributed by atoms with van der Waals surface area (Å²) < 4.78 is 13.2. The number of amides is 1. The highest BCUT2D eigenvalue weighted by Gasteiger charge is 2.20. The molecule has 0 spiro atoms. The van der Waals surface area contributed by atoms with Gasteiger partial charge in [0.2, 0.25) is 0 Å². The highest BCUT2D eigenvalue weighted by Crippen LogP contribution is 2.13. The second-order valence-corrected chi connectivity index (χ2v) is 4.64. The van der Waals surface area contributed by atoms with Gasteiger partial charge in [-0.05, 0) is 47.2 Å². The Labute approximate surface area is 111 Å². The predicted octanol–water partition coefficient (Wildman–Crippen LogP) is 1.75. The van der Waals surface area contributed by atoms with Crippen LogP contribution in [0.15, 0.2) is 18.2 Å². The first-order valence-corrected chi connectivity index (χ1v) is 5.89. The maximum atomic E-state index is 12.3. The fraction of sp³-hybridized carbons (Fsp3) is 0.273.